The van der Waals surface area contributed by atoms with Crippen LogP contribution in [0, 0.1) is 11.8 Å². The molecule has 1 aromatic rings. The van der Waals surface area contributed by atoms with E-state index in [-0.39, 0.29) is 11.8 Å². The fourth-order valence-corrected chi connectivity index (χ4v) is 1.75. The first-order valence-corrected chi connectivity index (χ1v) is 6.89. The van der Waals surface area contributed by atoms with E-state index >= 15 is 0 Å². The standard InChI is InChI=1S/C15H22N2O2/c1-11(8-16)15(18)17-9-13-4-2-3-5-14(13)19-10-12-6-7-12/h2-5,11-12H,6-10,16H2,1H3,(H,17,18). The average molecular weight is 262 g/mol. The minimum absolute atomic E-state index is 0.0144. The van der Waals surface area contributed by atoms with Crippen molar-refractivity contribution in [1.29, 1.82) is 0 Å². The number of benzene rings is 1. The van der Waals surface area contributed by atoms with Crippen molar-refractivity contribution in [2.75, 3.05) is 13.2 Å². The van der Waals surface area contributed by atoms with Gasteiger partial charge in [-0.15, -0.1) is 0 Å². The van der Waals surface area contributed by atoms with E-state index in [9.17, 15) is 4.79 Å². The van der Waals surface area contributed by atoms with Gasteiger partial charge in [-0.05, 0) is 24.8 Å². The lowest BCUT2D eigenvalue weighted by Crippen LogP contribution is -2.32. The molecule has 0 heterocycles. The Morgan fingerprint density at radius 2 is 2.21 bits per heavy atom. The molecule has 0 aromatic heterocycles. The van der Waals surface area contributed by atoms with E-state index in [2.05, 4.69) is 5.32 Å². The molecule has 4 heteroatoms. The van der Waals surface area contributed by atoms with Gasteiger partial charge >= 0.3 is 0 Å². The van der Waals surface area contributed by atoms with Crippen LogP contribution in [0.4, 0.5) is 0 Å². The maximum atomic E-state index is 11.7. The molecule has 1 saturated carbocycles. The van der Waals surface area contributed by atoms with Crippen molar-refractivity contribution in [3.05, 3.63) is 29.8 Å². The lowest BCUT2D eigenvalue weighted by atomic mass is 10.1. The Hall–Kier alpha value is -1.55. The number of hydrogen-bond donors (Lipinski definition) is 2. The van der Waals surface area contributed by atoms with Crippen molar-refractivity contribution in [1.82, 2.24) is 5.32 Å². The van der Waals surface area contributed by atoms with Crippen LogP contribution in [0.15, 0.2) is 24.3 Å². The predicted octanol–water partition coefficient (Wildman–Crippen LogP) is 1.69. The smallest absolute Gasteiger partial charge is 0.224 e. The molecule has 19 heavy (non-hydrogen) atoms. The summed E-state index contributed by atoms with van der Waals surface area (Å²) >= 11 is 0. The van der Waals surface area contributed by atoms with Gasteiger partial charge in [-0.25, -0.2) is 0 Å². The third-order valence-corrected chi connectivity index (χ3v) is 3.40. The van der Waals surface area contributed by atoms with Gasteiger partial charge in [0.2, 0.25) is 5.91 Å². The third kappa shape index (κ3) is 4.24. The summed E-state index contributed by atoms with van der Waals surface area (Å²) in [7, 11) is 0. The van der Waals surface area contributed by atoms with E-state index in [1.165, 1.54) is 12.8 Å². The van der Waals surface area contributed by atoms with Crippen LogP contribution in [0.25, 0.3) is 0 Å². The minimum Gasteiger partial charge on any atom is -0.493 e. The number of rotatable bonds is 7. The zero-order valence-electron chi connectivity index (χ0n) is 11.4. The molecule has 0 radical (unpaired) electrons. The molecular formula is C15H22N2O2. The SMILES string of the molecule is CC(CN)C(=O)NCc1ccccc1OCC1CC1. The number of carbonyl (C=O) groups excluding carboxylic acids is 1. The quantitative estimate of drug-likeness (QED) is 0.786. The number of nitrogens with one attached hydrogen (secondary N) is 1. The first kappa shape index (κ1) is 13.9. The zero-order valence-corrected chi connectivity index (χ0v) is 11.4. The Labute approximate surface area is 114 Å². The number of nitrogens with two attached hydrogens (primary N) is 1. The van der Waals surface area contributed by atoms with Gasteiger partial charge in [-0.2, -0.15) is 0 Å². The van der Waals surface area contributed by atoms with E-state index < -0.39 is 0 Å². The molecule has 1 unspecified atom stereocenters. The van der Waals surface area contributed by atoms with Crippen molar-refractivity contribution in [2.45, 2.75) is 26.3 Å². The van der Waals surface area contributed by atoms with Crippen LogP contribution in [0.2, 0.25) is 0 Å². The monoisotopic (exact) mass is 262 g/mol. The van der Waals surface area contributed by atoms with Gasteiger partial charge in [0.15, 0.2) is 0 Å². The summed E-state index contributed by atoms with van der Waals surface area (Å²) in [5.41, 5.74) is 6.49. The van der Waals surface area contributed by atoms with Crippen LogP contribution < -0.4 is 15.8 Å². The summed E-state index contributed by atoms with van der Waals surface area (Å²) in [6.45, 7) is 3.46. The molecule has 1 amide bonds. The van der Waals surface area contributed by atoms with Gasteiger partial charge in [-0.1, -0.05) is 25.1 Å². The lowest BCUT2D eigenvalue weighted by Gasteiger charge is -2.13. The Morgan fingerprint density at radius 3 is 2.89 bits per heavy atom. The van der Waals surface area contributed by atoms with Crippen molar-refractivity contribution in [2.24, 2.45) is 17.6 Å². The number of amides is 1. The van der Waals surface area contributed by atoms with Crippen LogP contribution in [0.5, 0.6) is 5.75 Å². The molecule has 1 aliphatic carbocycles. The molecular weight excluding hydrogens is 240 g/mol. The fraction of sp³-hybridized carbons (Fsp3) is 0.533. The Kier molecular flexibility index (Phi) is 4.80. The van der Waals surface area contributed by atoms with Crippen LogP contribution in [-0.4, -0.2) is 19.1 Å². The molecule has 0 aliphatic heterocycles. The zero-order chi connectivity index (χ0) is 13.7. The molecule has 104 valence electrons. The van der Waals surface area contributed by atoms with Crippen LogP contribution >= 0.6 is 0 Å². The van der Waals surface area contributed by atoms with Crippen molar-refractivity contribution >= 4 is 5.91 Å². The number of hydrogen-bond acceptors (Lipinski definition) is 3. The third-order valence-electron chi connectivity index (χ3n) is 3.40. The molecule has 2 rings (SSSR count). The Bertz CT molecular complexity index is 430. The molecule has 1 aliphatic rings. The molecule has 3 N–H and O–H groups in total. The Morgan fingerprint density at radius 1 is 1.47 bits per heavy atom. The fourth-order valence-electron chi connectivity index (χ4n) is 1.75. The van der Waals surface area contributed by atoms with Crippen molar-refractivity contribution in [3.63, 3.8) is 0 Å². The molecule has 0 saturated heterocycles. The van der Waals surface area contributed by atoms with E-state index in [0.29, 0.717) is 13.1 Å². The van der Waals surface area contributed by atoms with Crippen LogP contribution in [0.1, 0.15) is 25.3 Å². The predicted molar refractivity (Wildman–Crippen MR) is 74.7 cm³/mol. The summed E-state index contributed by atoms with van der Waals surface area (Å²) in [5, 5.41) is 2.89. The second-order valence-electron chi connectivity index (χ2n) is 5.22. The van der Waals surface area contributed by atoms with Crippen LogP contribution in [0.3, 0.4) is 0 Å². The molecule has 1 fully saturated rings. The van der Waals surface area contributed by atoms with Gasteiger partial charge in [0.05, 0.1) is 6.61 Å². The first-order chi connectivity index (χ1) is 9.20. The highest BCUT2D eigenvalue weighted by molar-refractivity contribution is 5.78. The number of para-hydroxylation sites is 1. The highest BCUT2D eigenvalue weighted by atomic mass is 16.5. The first-order valence-electron chi connectivity index (χ1n) is 6.89. The number of carbonyl (C=O) groups is 1. The second-order valence-corrected chi connectivity index (χ2v) is 5.22. The summed E-state index contributed by atoms with van der Waals surface area (Å²) in [6, 6.07) is 7.85. The van der Waals surface area contributed by atoms with Crippen molar-refractivity contribution < 1.29 is 9.53 Å². The Balaban J connectivity index is 1.89. The second kappa shape index (κ2) is 6.57. The van der Waals surface area contributed by atoms with Gasteiger partial charge in [0.1, 0.15) is 5.75 Å². The summed E-state index contributed by atoms with van der Waals surface area (Å²) in [5.74, 6) is 1.43. The lowest BCUT2D eigenvalue weighted by molar-refractivity contribution is -0.124. The van der Waals surface area contributed by atoms with E-state index in [1.54, 1.807) is 0 Å². The summed E-state index contributed by atoms with van der Waals surface area (Å²) < 4.78 is 5.80. The largest absolute Gasteiger partial charge is 0.493 e. The topological polar surface area (TPSA) is 64.4 Å². The maximum absolute atomic E-state index is 11.7. The highest BCUT2D eigenvalue weighted by Gasteiger charge is 2.22. The molecule has 4 nitrogen and oxygen atoms in total. The van der Waals surface area contributed by atoms with Gasteiger partial charge in [0, 0.05) is 24.6 Å². The summed E-state index contributed by atoms with van der Waals surface area (Å²) in [4.78, 5) is 11.7. The maximum Gasteiger partial charge on any atom is 0.224 e. The highest BCUT2D eigenvalue weighted by Crippen LogP contribution is 2.30. The van der Waals surface area contributed by atoms with Gasteiger partial charge < -0.3 is 15.8 Å². The normalized spacial score (nSPS) is 15.9. The minimum atomic E-state index is -0.153. The van der Waals surface area contributed by atoms with Crippen LogP contribution in [-0.2, 0) is 11.3 Å². The average Bonchev–Trinajstić information content (AvgIpc) is 3.26. The van der Waals surface area contributed by atoms with Crippen molar-refractivity contribution in [3.8, 4) is 5.75 Å². The number of ether oxygens (including phenoxy) is 1. The molecule has 0 bridgehead atoms. The molecule has 0 spiro atoms. The molecule has 1 atom stereocenters. The van der Waals surface area contributed by atoms with E-state index in [4.69, 9.17) is 10.5 Å². The summed E-state index contributed by atoms with van der Waals surface area (Å²) in [6.07, 6.45) is 2.54. The van der Waals surface area contributed by atoms with E-state index in [0.717, 1.165) is 23.8 Å². The molecule has 1 aromatic carbocycles. The van der Waals surface area contributed by atoms with Gasteiger partial charge in [-0.3, -0.25) is 4.79 Å². The van der Waals surface area contributed by atoms with E-state index in [1.807, 2.05) is 31.2 Å². The van der Waals surface area contributed by atoms with Gasteiger partial charge in [0.25, 0.3) is 0 Å².